The number of amides is 1. The Morgan fingerprint density at radius 3 is 3.05 bits per heavy atom. The lowest BCUT2D eigenvalue weighted by atomic mass is 9.84. The molecule has 3 N–H and O–H groups in total. The first-order chi connectivity index (χ1) is 10.7. The number of fused-ring (bicyclic) bond motifs is 1. The highest BCUT2D eigenvalue weighted by molar-refractivity contribution is 7.15. The third-order valence-corrected chi connectivity index (χ3v) is 5.69. The lowest BCUT2D eigenvalue weighted by molar-refractivity contribution is -0.124. The Morgan fingerprint density at radius 2 is 2.18 bits per heavy atom. The standard InChI is InChI=1S/C16H18N4OS/c1-9-4-2-3-5-10(9)16-17-8-13(22-16)11-6-14(21)19-15-12(11)7-18-20-15/h2-5,8,11-12,15,18,20H,6-7H2,1H3,(H,19,21). The van der Waals surface area contributed by atoms with Crippen molar-refractivity contribution in [2.24, 2.45) is 5.92 Å². The van der Waals surface area contributed by atoms with Crippen molar-refractivity contribution in [3.05, 3.63) is 40.9 Å². The number of piperidine rings is 1. The van der Waals surface area contributed by atoms with E-state index in [9.17, 15) is 4.79 Å². The highest BCUT2D eigenvalue weighted by Gasteiger charge is 2.41. The summed E-state index contributed by atoms with van der Waals surface area (Å²) in [5, 5.41) is 4.03. The molecule has 2 aliphatic heterocycles. The van der Waals surface area contributed by atoms with E-state index in [1.54, 1.807) is 11.3 Å². The SMILES string of the molecule is Cc1ccccc1-c1ncc(C2CC(=O)NC3NNCC32)s1. The number of aryl methyl sites for hydroxylation is 1. The smallest absolute Gasteiger partial charge is 0.221 e. The number of rotatable bonds is 2. The summed E-state index contributed by atoms with van der Waals surface area (Å²) in [7, 11) is 0. The molecule has 2 aromatic rings. The van der Waals surface area contributed by atoms with E-state index in [-0.39, 0.29) is 18.0 Å². The van der Waals surface area contributed by atoms with Crippen molar-refractivity contribution in [3.63, 3.8) is 0 Å². The normalized spacial score (nSPS) is 27.5. The summed E-state index contributed by atoms with van der Waals surface area (Å²) in [6, 6.07) is 8.29. The fourth-order valence-corrected chi connectivity index (χ4v) is 4.50. The molecular weight excluding hydrogens is 296 g/mol. The number of aromatic nitrogens is 1. The summed E-state index contributed by atoms with van der Waals surface area (Å²) in [5.74, 6) is 0.715. The summed E-state index contributed by atoms with van der Waals surface area (Å²) in [6.07, 6.45) is 2.51. The Hall–Kier alpha value is -1.76. The number of benzene rings is 1. The third-order valence-electron chi connectivity index (χ3n) is 4.53. The molecule has 0 bridgehead atoms. The molecule has 22 heavy (non-hydrogen) atoms. The molecule has 3 atom stereocenters. The minimum absolute atomic E-state index is 0.0234. The first kappa shape index (κ1) is 13.9. The minimum Gasteiger partial charge on any atom is -0.339 e. The molecule has 2 fully saturated rings. The van der Waals surface area contributed by atoms with Crippen LogP contribution in [0.5, 0.6) is 0 Å². The third kappa shape index (κ3) is 2.33. The first-order valence-electron chi connectivity index (χ1n) is 7.52. The average Bonchev–Trinajstić information content (AvgIpc) is 3.15. The second-order valence-electron chi connectivity index (χ2n) is 5.93. The molecule has 1 aromatic heterocycles. The number of carbonyl (C=O) groups excluding carboxylic acids is 1. The summed E-state index contributed by atoms with van der Waals surface area (Å²) >= 11 is 1.71. The van der Waals surface area contributed by atoms with Crippen molar-refractivity contribution < 1.29 is 4.79 Å². The van der Waals surface area contributed by atoms with Gasteiger partial charge in [-0.1, -0.05) is 24.3 Å². The monoisotopic (exact) mass is 314 g/mol. The first-order valence-corrected chi connectivity index (χ1v) is 8.33. The quantitative estimate of drug-likeness (QED) is 0.790. The van der Waals surface area contributed by atoms with Gasteiger partial charge in [-0.05, 0) is 12.5 Å². The van der Waals surface area contributed by atoms with Crippen molar-refractivity contribution in [3.8, 4) is 10.6 Å². The van der Waals surface area contributed by atoms with E-state index in [0.29, 0.717) is 12.3 Å². The van der Waals surface area contributed by atoms with Crippen LogP contribution in [0.3, 0.4) is 0 Å². The molecule has 3 heterocycles. The van der Waals surface area contributed by atoms with Gasteiger partial charge in [-0.3, -0.25) is 10.2 Å². The van der Waals surface area contributed by atoms with Gasteiger partial charge < -0.3 is 5.32 Å². The molecule has 4 rings (SSSR count). The fourth-order valence-electron chi connectivity index (χ4n) is 3.32. The van der Waals surface area contributed by atoms with E-state index < -0.39 is 0 Å². The molecular formula is C16H18N4OS. The van der Waals surface area contributed by atoms with E-state index in [0.717, 1.165) is 11.6 Å². The number of hydrogen-bond acceptors (Lipinski definition) is 5. The number of nitrogens with one attached hydrogen (secondary N) is 3. The summed E-state index contributed by atoms with van der Waals surface area (Å²) in [5.41, 5.74) is 8.70. The van der Waals surface area contributed by atoms with Crippen molar-refractivity contribution in [1.82, 2.24) is 21.2 Å². The van der Waals surface area contributed by atoms with Gasteiger partial charge >= 0.3 is 0 Å². The van der Waals surface area contributed by atoms with Crippen LogP contribution >= 0.6 is 11.3 Å². The van der Waals surface area contributed by atoms with Crippen LogP contribution in [0.4, 0.5) is 0 Å². The Kier molecular flexibility index (Phi) is 3.44. The van der Waals surface area contributed by atoms with Crippen LogP contribution in [-0.4, -0.2) is 23.6 Å². The zero-order chi connectivity index (χ0) is 15.1. The Morgan fingerprint density at radius 1 is 1.32 bits per heavy atom. The van der Waals surface area contributed by atoms with Crippen LogP contribution < -0.4 is 16.2 Å². The predicted octanol–water partition coefficient (Wildman–Crippen LogP) is 1.77. The molecule has 0 radical (unpaired) electrons. The number of carbonyl (C=O) groups is 1. The van der Waals surface area contributed by atoms with Crippen molar-refractivity contribution in [2.45, 2.75) is 25.4 Å². The van der Waals surface area contributed by atoms with Gasteiger partial charge in [0.25, 0.3) is 0 Å². The topological polar surface area (TPSA) is 66.0 Å². The molecule has 2 aliphatic rings. The van der Waals surface area contributed by atoms with Crippen molar-refractivity contribution in [2.75, 3.05) is 6.54 Å². The molecule has 0 saturated carbocycles. The van der Waals surface area contributed by atoms with Crippen LogP contribution in [-0.2, 0) is 4.79 Å². The number of hydrazine groups is 1. The fraction of sp³-hybridized carbons (Fsp3) is 0.375. The molecule has 0 spiro atoms. The summed E-state index contributed by atoms with van der Waals surface area (Å²) < 4.78 is 0. The van der Waals surface area contributed by atoms with E-state index in [1.807, 2.05) is 18.3 Å². The van der Waals surface area contributed by atoms with Gasteiger partial charge in [0.2, 0.25) is 5.91 Å². The lowest BCUT2D eigenvalue weighted by Crippen LogP contribution is -2.52. The van der Waals surface area contributed by atoms with Gasteiger partial charge in [0.05, 0.1) is 6.17 Å². The zero-order valence-electron chi connectivity index (χ0n) is 12.3. The van der Waals surface area contributed by atoms with Crippen LogP contribution in [0.1, 0.15) is 22.8 Å². The molecule has 6 heteroatoms. The van der Waals surface area contributed by atoms with Gasteiger partial charge in [0, 0.05) is 41.4 Å². The van der Waals surface area contributed by atoms with Gasteiger partial charge in [-0.15, -0.1) is 11.3 Å². The minimum atomic E-state index is 0.0234. The second kappa shape index (κ2) is 5.46. The highest BCUT2D eigenvalue weighted by Crippen LogP contribution is 2.39. The molecule has 1 amide bonds. The maximum Gasteiger partial charge on any atom is 0.221 e. The number of nitrogens with zero attached hydrogens (tertiary/aromatic N) is 1. The highest BCUT2D eigenvalue weighted by atomic mass is 32.1. The Balaban J connectivity index is 1.66. The maximum absolute atomic E-state index is 11.9. The molecule has 0 aliphatic carbocycles. The van der Waals surface area contributed by atoms with Crippen molar-refractivity contribution >= 4 is 17.2 Å². The van der Waals surface area contributed by atoms with Crippen LogP contribution in [0.2, 0.25) is 0 Å². The van der Waals surface area contributed by atoms with Crippen LogP contribution in [0.15, 0.2) is 30.5 Å². The van der Waals surface area contributed by atoms with E-state index in [2.05, 4.69) is 40.2 Å². The zero-order valence-corrected chi connectivity index (χ0v) is 13.1. The van der Waals surface area contributed by atoms with Crippen LogP contribution in [0, 0.1) is 12.8 Å². The van der Waals surface area contributed by atoms with E-state index >= 15 is 0 Å². The van der Waals surface area contributed by atoms with Crippen LogP contribution in [0.25, 0.3) is 10.6 Å². The second-order valence-corrected chi connectivity index (χ2v) is 6.99. The molecule has 1 aromatic carbocycles. The Labute approximate surface area is 133 Å². The number of thiazole rings is 1. The lowest BCUT2D eigenvalue weighted by Gasteiger charge is -2.32. The van der Waals surface area contributed by atoms with Crippen molar-refractivity contribution in [1.29, 1.82) is 0 Å². The molecule has 3 unspecified atom stereocenters. The number of hydrogen-bond donors (Lipinski definition) is 3. The molecule has 2 saturated heterocycles. The van der Waals surface area contributed by atoms with Gasteiger partial charge in [0.1, 0.15) is 5.01 Å². The van der Waals surface area contributed by atoms with Gasteiger partial charge in [0.15, 0.2) is 0 Å². The summed E-state index contributed by atoms with van der Waals surface area (Å²) in [6.45, 7) is 2.97. The average molecular weight is 314 g/mol. The maximum atomic E-state index is 11.9. The molecule has 114 valence electrons. The van der Waals surface area contributed by atoms with E-state index in [4.69, 9.17) is 0 Å². The largest absolute Gasteiger partial charge is 0.339 e. The molecule has 5 nitrogen and oxygen atoms in total. The summed E-state index contributed by atoms with van der Waals surface area (Å²) in [4.78, 5) is 17.7. The Bertz CT molecular complexity index is 714. The van der Waals surface area contributed by atoms with Gasteiger partial charge in [-0.25, -0.2) is 10.4 Å². The van der Waals surface area contributed by atoms with E-state index in [1.165, 1.54) is 16.0 Å². The predicted molar refractivity (Wildman–Crippen MR) is 86.2 cm³/mol. The van der Waals surface area contributed by atoms with Gasteiger partial charge in [-0.2, -0.15) is 0 Å².